The predicted molar refractivity (Wildman–Crippen MR) is 54.4 cm³/mol. The number of fused-ring (bicyclic) bond motifs is 2. The second kappa shape index (κ2) is 2.95. The van der Waals surface area contributed by atoms with Gasteiger partial charge in [-0.05, 0) is 37.5 Å². The predicted octanol–water partition coefficient (Wildman–Crippen LogP) is 1.93. The Kier molecular flexibility index (Phi) is 2.20. The van der Waals surface area contributed by atoms with Crippen LogP contribution in [0.2, 0.25) is 0 Å². The highest BCUT2D eigenvalue weighted by atomic mass is 32.2. The number of rotatable bonds is 0. The second-order valence-electron chi connectivity index (χ2n) is 5.12. The van der Waals surface area contributed by atoms with Crippen LogP contribution in [0.5, 0.6) is 0 Å². The van der Waals surface area contributed by atoms with E-state index in [0.717, 1.165) is 19.3 Å². The maximum atomic E-state index is 11.7. The van der Waals surface area contributed by atoms with Gasteiger partial charge in [-0.2, -0.15) is 8.42 Å². The van der Waals surface area contributed by atoms with E-state index in [1.54, 1.807) is 6.92 Å². The van der Waals surface area contributed by atoms with Gasteiger partial charge in [0.25, 0.3) is 10.1 Å². The summed E-state index contributed by atoms with van der Waals surface area (Å²) in [6.45, 7) is 6.07. The van der Waals surface area contributed by atoms with Gasteiger partial charge in [-0.15, -0.1) is 0 Å². The van der Waals surface area contributed by atoms with Crippen molar-refractivity contribution in [3.63, 3.8) is 0 Å². The first-order valence-corrected chi connectivity index (χ1v) is 6.74. The Morgan fingerprint density at radius 3 is 2.64 bits per heavy atom. The molecule has 0 aromatic carbocycles. The molecular formula is C10H18O3S. The highest BCUT2D eigenvalue weighted by Crippen LogP contribution is 2.51. The SMILES string of the molecule is CC1C2CCC1(C)CC(C)S(=O)(=O)O2. The van der Waals surface area contributed by atoms with E-state index in [9.17, 15) is 8.42 Å². The molecule has 3 nitrogen and oxygen atoms in total. The van der Waals surface area contributed by atoms with E-state index in [1.807, 2.05) is 0 Å². The van der Waals surface area contributed by atoms with Crippen molar-refractivity contribution >= 4 is 10.1 Å². The van der Waals surface area contributed by atoms with E-state index in [1.165, 1.54) is 0 Å². The van der Waals surface area contributed by atoms with Crippen LogP contribution in [0, 0.1) is 11.3 Å². The molecule has 2 aliphatic rings. The largest absolute Gasteiger partial charge is 0.270 e. The van der Waals surface area contributed by atoms with Gasteiger partial charge in [0.2, 0.25) is 0 Å². The highest BCUT2D eigenvalue weighted by molar-refractivity contribution is 7.87. The number of hydrogen-bond donors (Lipinski definition) is 0. The third kappa shape index (κ3) is 1.39. The van der Waals surface area contributed by atoms with Crippen LogP contribution in [0.25, 0.3) is 0 Å². The quantitative estimate of drug-likeness (QED) is 0.583. The monoisotopic (exact) mass is 218 g/mol. The van der Waals surface area contributed by atoms with Crippen molar-refractivity contribution in [2.75, 3.05) is 0 Å². The Labute approximate surface area is 86.0 Å². The molecule has 4 heteroatoms. The smallest absolute Gasteiger partial charge is 0.266 e. The highest BCUT2D eigenvalue weighted by Gasteiger charge is 2.50. The van der Waals surface area contributed by atoms with Crippen molar-refractivity contribution in [1.29, 1.82) is 0 Å². The van der Waals surface area contributed by atoms with Crippen molar-refractivity contribution in [1.82, 2.24) is 0 Å². The lowest BCUT2D eigenvalue weighted by molar-refractivity contribution is 0.137. The van der Waals surface area contributed by atoms with Crippen molar-refractivity contribution in [3.05, 3.63) is 0 Å². The molecule has 0 aromatic heterocycles. The van der Waals surface area contributed by atoms with E-state index >= 15 is 0 Å². The van der Waals surface area contributed by atoms with Crippen LogP contribution in [0.3, 0.4) is 0 Å². The van der Waals surface area contributed by atoms with Crippen LogP contribution < -0.4 is 0 Å². The first-order valence-electron chi connectivity index (χ1n) is 5.27. The van der Waals surface area contributed by atoms with Gasteiger partial charge in [-0.25, -0.2) is 0 Å². The normalized spacial score (nSPS) is 51.5. The van der Waals surface area contributed by atoms with Gasteiger partial charge in [0, 0.05) is 0 Å². The van der Waals surface area contributed by atoms with Crippen LogP contribution in [-0.4, -0.2) is 19.8 Å². The first-order chi connectivity index (χ1) is 6.35. The van der Waals surface area contributed by atoms with Crippen LogP contribution in [0.1, 0.15) is 40.0 Å². The molecule has 1 heterocycles. The lowest BCUT2D eigenvalue weighted by Gasteiger charge is -2.29. The third-order valence-electron chi connectivity index (χ3n) is 4.16. The summed E-state index contributed by atoms with van der Waals surface area (Å²) < 4.78 is 28.6. The molecule has 0 amide bonds. The summed E-state index contributed by atoms with van der Waals surface area (Å²) in [4.78, 5) is 0. The fourth-order valence-electron chi connectivity index (χ4n) is 2.84. The van der Waals surface area contributed by atoms with E-state index in [2.05, 4.69) is 13.8 Å². The topological polar surface area (TPSA) is 43.4 Å². The van der Waals surface area contributed by atoms with E-state index < -0.39 is 10.1 Å². The molecule has 82 valence electrons. The number of hydrogen-bond acceptors (Lipinski definition) is 3. The summed E-state index contributed by atoms with van der Waals surface area (Å²) in [7, 11) is -3.30. The molecule has 0 spiro atoms. The molecule has 1 aliphatic carbocycles. The summed E-state index contributed by atoms with van der Waals surface area (Å²) in [5.41, 5.74) is 0.160. The van der Waals surface area contributed by atoms with E-state index in [0.29, 0.717) is 5.92 Å². The van der Waals surface area contributed by atoms with Gasteiger partial charge < -0.3 is 0 Å². The summed E-state index contributed by atoms with van der Waals surface area (Å²) in [6, 6.07) is 0. The molecule has 1 saturated carbocycles. The molecule has 2 rings (SSSR count). The minimum Gasteiger partial charge on any atom is -0.266 e. The molecule has 1 saturated heterocycles. The fourth-order valence-corrected chi connectivity index (χ4v) is 4.23. The van der Waals surface area contributed by atoms with Crippen LogP contribution >= 0.6 is 0 Å². The molecule has 4 atom stereocenters. The van der Waals surface area contributed by atoms with Gasteiger partial charge in [0.05, 0.1) is 11.4 Å². The minimum absolute atomic E-state index is 0.0741. The Balaban J connectivity index is 2.38. The zero-order chi connectivity index (χ0) is 10.6. The van der Waals surface area contributed by atoms with Gasteiger partial charge in [-0.3, -0.25) is 4.18 Å². The standard InChI is InChI=1S/C10H18O3S/c1-7-6-10(3)5-4-9(8(10)2)13-14(7,11)12/h7-9H,4-6H2,1-3H3. The lowest BCUT2D eigenvalue weighted by Crippen LogP contribution is -2.26. The maximum absolute atomic E-state index is 11.7. The molecule has 0 aromatic rings. The average molecular weight is 218 g/mol. The van der Waals surface area contributed by atoms with Crippen molar-refractivity contribution < 1.29 is 12.6 Å². The first kappa shape index (κ1) is 10.4. The maximum Gasteiger partial charge on any atom is 0.270 e. The van der Waals surface area contributed by atoms with Gasteiger partial charge in [-0.1, -0.05) is 13.8 Å². The van der Waals surface area contributed by atoms with Crippen molar-refractivity contribution in [3.8, 4) is 0 Å². The minimum atomic E-state index is -3.30. The Morgan fingerprint density at radius 1 is 1.36 bits per heavy atom. The molecule has 2 bridgehead atoms. The fraction of sp³-hybridized carbons (Fsp3) is 1.00. The zero-order valence-corrected chi connectivity index (χ0v) is 9.80. The van der Waals surface area contributed by atoms with Crippen molar-refractivity contribution in [2.45, 2.75) is 51.4 Å². The van der Waals surface area contributed by atoms with Crippen LogP contribution in [0.4, 0.5) is 0 Å². The molecule has 14 heavy (non-hydrogen) atoms. The Hall–Kier alpha value is -0.0900. The van der Waals surface area contributed by atoms with Gasteiger partial charge >= 0.3 is 0 Å². The zero-order valence-electron chi connectivity index (χ0n) is 8.99. The van der Waals surface area contributed by atoms with Gasteiger partial charge in [0.15, 0.2) is 0 Å². The molecule has 0 N–H and O–H groups in total. The lowest BCUT2D eigenvalue weighted by atomic mass is 9.77. The van der Waals surface area contributed by atoms with E-state index in [-0.39, 0.29) is 16.8 Å². The molecule has 2 fully saturated rings. The van der Waals surface area contributed by atoms with Crippen molar-refractivity contribution in [2.24, 2.45) is 11.3 Å². The summed E-state index contributed by atoms with van der Waals surface area (Å²) >= 11 is 0. The summed E-state index contributed by atoms with van der Waals surface area (Å²) in [6.07, 6.45) is 2.66. The molecule has 0 radical (unpaired) electrons. The van der Waals surface area contributed by atoms with Gasteiger partial charge in [0.1, 0.15) is 0 Å². The molecule has 4 unspecified atom stereocenters. The summed E-state index contributed by atoms with van der Waals surface area (Å²) in [5.74, 6) is 0.363. The van der Waals surface area contributed by atoms with Crippen LogP contribution in [-0.2, 0) is 14.3 Å². The Bertz CT molecular complexity index is 335. The van der Waals surface area contributed by atoms with E-state index in [4.69, 9.17) is 4.18 Å². The average Bonchev–Trinajstić information content (AvgIpc) is 2.29. The summed E-state index contributed by atoms with van der Waals surface area (Å²) in [5, 5.41) is -0.347. The Morgan fingerprint density at radius 2 is 2.00 bits per heavy atom. The van der Waals surface area contributed by atoms with Crippen LogP contribution in [0.15, 0.2) is 0 Å². The molecule has 1 aliphatic heterocycles. The third-order valence-corrected chi connectivity index (χ3v) is 5.83. The second-order valence-corrected chi connectivity index (χ2v) is 7.11. The molecular weight excluding hydrogens is 200 g/mol.